The molecule has 1 aromatic heterocycles. The van der Waals surface area contributed by atoms with Crippen LogP contribution < -0.4 is 9.46 Å². The summed E-state index contributed by atoms with van der Waals surface area (Å²) in [6, 6.07) is 14.2. The Morgan fingerprint density at radius 3 is 2.91 bits per heavy atom. The van der Waals surface area contributed by atoms with Crippen LogP contribution in [0.1, 0.15) is 43.0 Å². The minimum absolute atomic E-state index is 0.0113. The number of nitrogens with zero attached hydrogens (tertiary/aromatic N) is 4. The number of aromatic nitrogens is 2. The van der Waals surface area contributed by atoms with Crippen molar-refractivity contribution >= 4 is 11.9 Å². The van der Waals surface area contributed by atoms with Crippen molar-refractivity contribution in [2.45, 2.75) is 38.8 Å². The number of benzene rings is 2. The second kappa shape index (κ2) is 10.4. The van der Waals surface area contributed by atoms with E-state index in [-0.39, 0.29) is 6.10 Å². The Bertz CT molecular complexity index is 1150. The predicted octanol–water partition coefficient (Wildman–Crippen LogP) is 4.85. The van der Waals surface area contributed by atoms with Crippen molar-refractivity contribution in [2.24, 2.45) is 0 Å². The molecule has 2 aromatic carbocycles. The van der Waals surface area contributed by atoms with Gasteiger partial charge in [0.2, 0.25) is 5.82 Å². The molecule has 0 amide bonds. The van der Waals surface area contributed by atoms with Crippen molar-refractivity contribution in [1.82, 2.24) is 19.8 Å². The number of nitriles is 1. The van der Waals surface area contributed by atoms with Crippen LogP contribution >= 0.6 is 11.9 Å². The van der Waals surface area contributed by atoms with Gasteiger partial charge in [-0.1, -0.05) is 35.3 Å². The average Bonchev–Trinajstić information content (AvgIpc) is 3.44. The molecule has 172 valence electrons. The fourth-order valence-electron chi connectivity index (χ4n) is 3.93. The Hall–Kier alpha value is -2.86. The first-order valence-corrected chi connectivity index (χ1v) is 12.1. The predicted molar refractivity (Wildman–Crippen MR) is 131 cm³/mol. The molecule has 0 aliphatic heterocycles. The van der Waals surface area contributed by atoms with Crippen LogP contribution in [0.2, 0.25) is 0 Å². The third-order valence-electron chi connectivity index (χ3n) is 5.51. The largest absolute Gasteiger partial charge is 0.490 e. The molecule has 1 aliphatic carbocycles. The highest BCUT2D eigenvalue weighted by atomic mass is 32.2. The van der Waals surface area contributed by atoms with Gasteiger partial charge in [-0.25, -0.2) is 0 Å². The van der Waals surface area contributed by atoms with Gasteiger partial charge in [0.1, 0.15) is 11.8 Å². The Labute approximate surface area is 199 Å². The fraction of sp³-hybridized carbons (Fsp3) is 0.400. The van der Waals surface area contributed by atoms with E-state index in [4.69, 9.17) is 9.26 Å². The Balaban J connectivity index is 1.54. The molecule has 7 nitrogen and oxygen atoms in total. The molecule has 0 radical (unpaired) electrons. The molecule has 0 fully saturated rings. The lowest BCUT2D eigenvalue weighted by Gasteiger charge is -2.15. The zero-order valence-electron chi connectivity index (χ0n) is 19.5. The van der Waals surface area contributed by atoms with Crippen molar-refractivity contribution < 1.29 is 9.26 Å². The molecule has 8 heteroatoms. The van der Waals surface area contributed by atoms with Gasteiger partial charge >= 0.3 is 0 Å². The van der Waals surface area contributed by atoms with Crippen molar-refractivity contribution in [1.29, 1.82) is 5.26 Å². The number of nitrogens with one attached hydrogen (secondary N) is 1. The second-order valence-corrected chi connectivity index (χ2v) is 9.58. The zero-order valence-corrected chi connectivity index (χ0v) is 20.3. The molecular formula is C25H29N5O2S. The molecular weight excluding hydrogens is 434 g/mol. The van der Waals surface area contributed by atoms with E-state index in [1.807, 2.05) is 19.9 Å². The summed E-state index contributed by atoms with van der Waals surface area (Å²) < 4.78 is 14.9. The number of hydrogen-bond donors (Lipinski definition) is 1. The lowest BCUT2D eigenvalue weighted by atomic mass is 10.0. The molecule has 0 unspecified atom stereocenters. The van der Waals surface area contributed by atoms with Gasteiger partial charge in [0.15, 0.2) is 0 Å². The molecule has 0 spiro atoms. The van der Waals surface area contributed by atoms with E-state index in [1.54, 1.807) is 24.1 Å². The highest BCUT2D eigenvalue weighted by Crippen LogP contribution is 2.38. The van der Waals surface area contributed by atoms with Crippen molar-refractivity contribution in [2.75, 3.05) is 26.4 Å². The summed E-state index contributed by atoms with van der Waals surface area (Å²) in [4.78, 5) is 6.84. The third-order valence-corrected chi connectivity index (χ3v) is 6.35. The van der Waals surface area contributed by atoms with Gasteiger partial charge in [0.25, 0.3) is 5.89 Å². The highest BCUT2D eigenvalue weighted by molar-refractivity contribution is 7.97. The molecule has 33 heavy (non-hydrogen) atoms. The van der Waals surface area contributed by atoms with E-state index in [2.05, 4.69) is 58.1 Å². The molecule has 1 atom stereocenters. The molecule has 0 bridgehead atoms. The summed E-state index contributed by atoms with van der Waals surface area (Å²) in [6.45, 7) is 4.90. The van der Waals surface area contributed by atoms with Gasteiger partial charge in [-0.2, -0.15) is 10.2 Å². The van der Waals surface area contributed by atoms with Gasteiger partial charge in [-0.3, -0.25) is 4.72 Å². The van der Waals surface area contributed by atoms with Gasteiger partial charge in [-0.05, 0) is 70.1 Å². The molecule has 1 N–H and O–H groups in total. The average molecular weight is 464 g/mol. The number of rotatable bonds is 9. The maximum absolute atomic E-state index is 9.51. The van der Waals surface area contributed by atoms with E-state index < -0.39 is 0 Å². The van der Waals surface area contributed by atoms with Gasteiger partial charge in [0, 0.05) is 29.5 Å². The summed E-state index contributed by atoms with van der Waals surface area (Å²) in [6.07, 6.45) is 2.01. The molecule has 0 saturated heterocycles. The first kappa shape index (κ1) is 23.3. The van der Waals surface area contributed by atoms with E-state index in [0.717, 1.165) is 30.7 Å². The van der Waals surface area contributed by atoms with Crippen LogP contribution in [-0.2, 0) is 6.42 Å². The number of fused-ring (bicyclic) bond motifs is 1. The first-order valence-electron chi connectivity index (χ1n) is 11.2. The number of ether oxygens (including phenoxy) is 1. The minimum Gasteiger partial charge on any atom is -0.490 e. The lowest BCUT2D eigenvalue weighted by molar-refractivity contribution is 0.241. The van der Waals surface area contributed by atoms with Crippen LogP contribution in [0.3, 0.4) is 0 Å². The van der Waals surface area contributed by atoms with Crippen molar-refractivity contribution in [3.63, 3.8) is 0 Å². The Morgan fingerprint density at radius 1 is 1.30 bits per heavy atom. The summed E-state index contributed by atoms with van der Waals surface area (Å²) in [5, 5.41) is 13.8. The van der Waals surface area contributed by atoms with Crippen molar-refractivity contribution in [3.05, 3.63) is 53.1 Å². The van der Waals surface area contributed by atoms with Crippen LogP contribution in [-0.4, -0.2) is 47.5 Å². The van der Waals surface area contributed by atoms with Crippen LogP contribution in [0.25, 0.3) is 22.8 Å². The number of hydrogen-bond acceptors (Lipinski definition) is 8. The third kappa shape index (κ3) is 5.38. The summed E-state index contributed by atoms with van der Waals surface area (Å²) in [5.41, 5.74) is 4.73. The molecule has 1 heterocycles. The standard InChI is InChI=1S/C25H29N5O2S/c1-16(2)31-23-11-8-17(14-18(23)15-26)25-27-24(28-32-25)21-7-5-6-20-19(21)9-10-22(20)29-33-13-12-30(3)4/h5-8,11,14,16,22,29H,9-10,12-13H2,1-4H3/t22-/m0/s1. The molecule has 3 aromatic rings. The Morgan fingerprint density at radius 2 is 2.15 bits per heavy atom. The quantitative estimate of drug-likeness (QED) is 0.356. The van der Waals surface area contributed by atoms with Crippen LogP contribution in [0.15, 0.2) is 40.9 Å². The summed E-state index contributed by atoms with van der Waals surface area (Å²) in [7, 11) is 4.18. The fourth-order valence-corrected chi connectivity index (χ4v) is 4.95. The lowest BCUT2D eigenvalue weighted by Crippen LogP contribution is -2.18. The van der Waals surface area contributed by atoms with E-state index >= 15 is 0 Å². The Kier molecular flexibility index (Phi) is 7.33. The SMILES string of the molecule is CC(C)Oc1ccc(-c2nc(-c3cccc4c3CC[C@@H]4NSCCN(C)C)no2)cc1C#N. The smallest absolute Gasteiger partial charge is 0.258 e. The maximum Gasteiger partial charge on any atom is 0.258 e. The van der Waals surface area contributed by atoms with Crippen LogP contribution in [0.5, 0.6) is 5.75 Å². The van der Waals surface area contributed by atoms with Gasteiger partial charge < -0.3 is 14.2 Å². The van der Waals surface area contributed by atoms with E-state index in [9.17, 15) is 5.26 Å². The minimum atomic E-state index is -0.0113. The molecule has 4 rings (SSSR count). The first-order chi connectivity index (χ1) is 16.0. The van der Waals surface area contributed by atoms with Crippen LogP contribution in [0.4, 0.5) is 0 Å². The second-order valence-electron chi connectivity index (χ2n) is 8.65. The highest BCUT2D eigenvalue weighted by Gasteiger charge is 2.26. The van der Waals surface area contributed by atoms with Crippen LogP contribution in [0, 0.1) is 11.3 Å². The normalized spacial score (nSPS) is 15.1. The monoisotopic (exact) mass is 463 g/mol. The van der Waals surface area contributed by atoms with Crippen molar-refractivity contribution in [3.8, 4) is 34.7 Å². The topological polar surface area (TPSA) is 87.2 Å². The summed E-state index contributed by atoms with van der Waals surface area (Å²) in [5.74, 6) is 2.56. The zero-order chi connectivity index (χ0) is 23.4. The molecule has 0 saturated carbocycles. The molecule has 1 aliphatic rings. The van der Waals surface area contributed by atoms with E-state index in [1.165, 1.54) is 11.1 Å². The summed E-state index contributed by atoms with van der Waals surface area (Å²) >= 11 is 1.78. The van der Waals surface area contributed by atoms with Gasteiger partial charge in [-0.15, -0.1) is 0 Å². The van der Waals surface area contributed by atoms with Gasteiger partial charge in [0.05, 0.1) is 11.7 Å². The maximum atomic E-state index is 9.51. The van der Waals surface area contributed by atoms with E-state index in [0.29, 0.717) is 34.6 Å².